The highest BCUT2D eigenvalue weighted by Crippen LogP contribution is 2.32. The van der Waals surface area contributed by atoms with Crippen LogP contribution in [-0.2, 0) is 18.7 Å². The maximum atomic E-state index is 5.61. The summed E-state index contributed by atoms with van der Waals surface area (Å²) in [5.74, 6) is 2.52. The van der Waals surface area contributed by atoms with E-state index in [4.69, 9.17) is 5.73 Å². The number of likely N-dealkylation sites (N-methyl/N-ethyl adjacent to an activating group) is 1. The van der Waals surface area contributed by atoms with Crippen molar-refractivity contribution < 1.29 is 0 Å². The number of aryl methyl sites for hydroxylation is 1. The van der Waals surface area contributed by atoms with Crippen LogP contribution in [0, 0.1) is 0 Å². The Morgan fingerprint density at radius 1 is 1.50 bits per heavy atom. The first kappa shape index (κ1) is 12.4. The van der Waals surface area contributed by atoms with Crippen LogP contribution in [0.1, 0.15) is 22.2 Å². The van der Waals surface area contributed by atoms with Crippen LogP contribution in [0.5, 0.6) is 0 Å². The molecule has 2 heterocycles. The summed E-state index contributed by atoms with van der Waals surface area (Å²) >= 11 is 4.07. The molecule has 0 atom stereocenters. The van der Waals surface area contributed by atoms with Crippen LogP contribution in [0.2, 0.25) is 0 Å². The zero-order valence-electron chi connectivity index (χ0n) is 9.87. The molecule has 1 aromatic rings. The van der Waals surface area contributed by atoms with Gasteiger partial charge in [-0.15, -0.1) is 11.3 Å². The van der Waals surface area contributed by atoms with E-state index in [1.165, 1.54) is 22.8 Å². The van der Waals surface area contributed by atoms with E-state index < -0.39 is 0 Å². The number of hydrogen-bond donors (Lipinski definition) is 1. The molecular weight excluding hydrogens is 236 g/mol. The largest absolute Gasteiger partial charge is 0.329 e. The smallest absolute Gasteiger partial charge is 0.0328 e. The average molecular weight is 256 g/mol. The van der Waals surface area contributed by atoms with E-state index in [1.54, 1.807) is 10.4 Å². The number of thioether (sulfide) groups is 1. The van der Waals surface area contributed by atoms with Gasteiger partial charge in [0, 0.05) is 35.1 Å². The summed E-state index contributed by atoms with van der Waals surface area (Å²) in [6, 6.07) is 2.41. The van der Waals surface area contributed by atoms with Crippen molar-refractivity contribution in [2.75, 3.05) is 25.4 Å². The molecule has 0 bridgehead atoms. The first-order chi connectivity index (χ1) is 7.83. The minimum atomic E-state index is 0.759. The Morgan fingerprint density at radius 3 is 3.06 bits per heavy atom. The Labute approximate surface area is 106 Å². The number of fused-ring (bicyclic) bond motifs is 1. The van der Waals surface area contributed by atoms with Crippen molar-refractivity contribution in [1.29, 1.82) is 0 Å². The second-order valence-electron chi connectivity index (χ2n) is 4.12. The van der Waals surface area contributed by atoms with Gasteiger partial charge in [0.25, 0.3) is 0 Å². The molecule has 0 saturated heterocycles. The number of nitrogens with zero attached hydrogens (tertiary/aromatic N) is 1. The zero-order chi connectivity index (χ0) is 11.4. The molecule has 2 N–H and O–H groups in total. The summed E-state index contributed by atoms with van der Waals surface area (Å²) < 4.78 is 0. The average Bonchev–Trinajstić information content (AvgIpc) is 2.70. The normalized spacial score (nSPS) is 15.4. The Kier molecular flexibility index (Phi) is 4.70. The van der Waals surface area contributed by atoms with Gasteiger partial charge in [-0.25, -0.2) is 0 Å². The summed E-state index contributed by atoms with van der Waals surface area (Å²) in [6.07, 6.45) is 1.27. The lowest BCUT2D eigenvalue weighted by Crippen LogP contribution is -2.28. The first-order valence-corrected chi connectivity index (χ1v) is 7.91. The summed E-state index contributed by atoms with van der Waals surface area (Å²) in [4.78, 5) is 5.56. The van der Waals surface area contributed by atoms with Crippen LogP contribution in [0.3, 0.4) is 0 Å². The lowest BCUT2D eigenvalue weighted by atomic mass is 10.2. The van der Waals surface area contributed by atoms with Crippen LogP contribution in [-0.4, -0.2) is 30.3 Å². The Balaban J connectivity index is 2.00. The van der Waals surface area contributed by atoms with Gasteiger partial charge in [-0.3, -0.25) is 4.90 Å². The van der Waals surface area contributed by atoms with E-state index in [1.807, 2.05) is 11.3 Å². The van der Waals surface area contributed by atoms with E-state index in [0.29, 0.717) is 0 Å². The molecule has 0 radical (unpaired) electrons. The molecule has 1 aliphatic rings. The fourth-order valence-electron chi connectivity index (χ4n) is 2.04. The van der Waals surface area contributed by atoms with Crippen molar-refractivity contribution >= 4 is 23.1 Å². The van der Waals surface area contributed by atoms with Gasteiger partial charge in [0.05, 0.1) is 0 Å². The van der Waals surface area contributed by atoms with Crippen LogP contribution in [0.25, 0.3) is 0 Å². The van der Waals surface area contributed by atoms with Crippen molar-refractivity contribution in [2.24, 2.45) is 5.73 Å². The number of rotatable bonds is 5. The van der Waals surface area contributed by atoms with Crippen LogP contribution in [0.15, 0.2) is 6.07 Å². The van der Waals surface area contributed by atoms with Gasteiger partial charge in [-0.2, -0.15) is 11.8 Å². The highest BCUT2D eigenvalue weighted by atomic mass is 32.2. The second kappa shape index (κ2) is 6.05. The molecule has 0 saturated carbocycles. The van der Waals surface area contributed by atoms with Crippen LogP contribution >= 0.6 is 23.1 Å². The van der Waals surface area contributed by atoms with Crippen molar-refractivity contribution in [3.05, 3.63) is 21.4 Å². The molecule has 2 rings (SSSR count). The third-order valence-electron chi connectivity index (χ3n) is 2.95. The minimum absolute atomic E-state index is 0.759. The molecule has 1 aliphatic heterocycles. The topological polar surface area (TPSA) is 29.3 Å². The summed E-state index contributed by atoms with van der Waals surface area (Å²) in [5.41, 5.74) is 7.20. The maximum absolute atomic E-state index is 5.61. The predicted molar refractivity (Wildman–Crippen MR) is 74.2 cm³/mol. The molecular formula is C12H20N2S2. The molecule has 90 valence electrons. The van der Waals surface area contributed by atoms with Crippen molar-refractivity contribution in [1.82, 2.24) is 4.90 Å². The lowest BCUT2D eigenvalue weighted by molar-refractivity contribution is 0.290. The number of nitrogens with two attached hydrogens (primary N) is 1. The van der Waals surface area contributed by atoms with Gasteiger partial charge in [0.15, 0.2) is 0 Å². The molecule has 0 aliphatic carbocycles. The molecule has 0 fully saturated rings. The van der Waals surface area contributed by atoms with Gasteiger partial charge in [0.2, 0.25) is 0 Å². The predicted octanol–water partition coefficient (Wildman–Crippen LogP) is 2.32. The van der Waals surface area contributed by atoms with E-state index in [9.17, 15) is 0 Å². The second-order valence-corrected chi connectivity index (χ2v) is 6.45. The van der Waals surface area contributed by atoms with E-state index >= 15 is 0 Å². The van der Waals surface area contributed by atoms with Gasteiger partial charge < -0.3 is 5.73 Å². The monoisotopic (exact) mass is 256 g/mol. The van der Waals surface area contributed by atoms with Crippen LogP contribution in [0.4, 0.5) is 0 Å². The molecule has 16 heavy (non-hydrogen) atoms. The fraction of sp³-hybridized carbons (Fsp3) is 0.667. The summed E-state index contributed by atoms with van der Waals surface area (Å²) in [6.45, 7) is 6.15. The molecule has 0 unspecified atom stereocenters. The quantitative estimate of drug-likeness (QED) is 0.876. The maximum Gasteiger partial charge on any atom is 0.0328 e. The molecule has 4 heteroatoms. The third-order valence-corrected chi connectivity index (χ3v) is 5.18. The lowest BCUT2D eigenvalue weighted by Gasteiger charge is -2.17. The van der Waals surface area contributed by atoms with Gasteiger partial charge in [-0.05, 0) is 30.3 Å². The van der Waals surface area contributed by atoms with Gasteiger partial charge in [0.1, 0.15) is 0 Å². The Bertz CT molecular complexity index is 312. The number of thiophene rings is 1. The molecule has 0 aromatic carbocycles. The highest BCUT2D eigenvalue weighted by Gasteiger charge is 2.14. The van der Waals surface area contributed by atoms with Crippen molar-refractivity contribution in [2.45, 2.75) is 25.6 Å². The molecule has 2 nitrogen and oxygen atoms in total. The zero-order valence-corrected chi connectivity index (χ0v) is 11.5. The van der Waals surface area contributed by atoms with Gasteiger partial charge >= 0.3 is 0 Å². The van der Waals surface area contributed by atoms with Crippen molar-refractivity contribution in [3.63, 3.8) is 0 Å². The SMILES string of the molecule is CCN(CCN)Cc1cc2c(s1)CCSC2. The fourth-order valence-corrected chi connectivity index (χ4v) is 4.46. The molecule has 0 amide bonds. The van der Waals surface area contributed by atoms with E-state index in [0.717, 1.165) is 26.2 Å². The standard InChI is InChI=1S/C12H20N2S2/c1-2-14(5-4-13)8-11-7-10-9-15-6-3-12(10)16-11/h7H,2-6,8-9,13H2,1H3. The van der Waals surface area contributed by atoms with Crippen LogP contribution < -0.4 is 5.73 Å². The Morgan fingerprint density at radius 2 is 2.38 bits per heavy atom. The first-order valence-electron chi connectivity index (χ1n) is 5.94. The van der Waals surface area contributed by atoms with E-state index in [-0.39, 0.29) is 0 Å². The van der Waals surface area contributed by atoms with Crippen molar-refractivity contribution in [3.8, 4) is 0 Å². The Hall–Kier alpha value is -0.0300. The minimum Gasteiger partial charge on any atom is -0.329 e. The van der Waals surface area contributed by atoms with Gasteiger partial charge in [-0.1, -0.05) is 6.92 Å². The highest BCUT2D eigenvalue weighted by molar-refractivity contribution is 7.98. The molecule has 1 aromatic heterocycles. The third kappa shape index (κ3) is 3.00. The molecule has 0 spiro atoms. The summed E-state index contributed by atoms with van der Waals surface area (Å²) in [7, 11) is 0. The summed E-state index contributed by atoms with van der Waals surface area (Å²) in [5, 5.41) is 0. The van der Waals surface area contributed by atoms with E-state index in [2.05, 4.69) is 29.7 Å². The number of hydrogen-bond acceptors (Lipinski definition) is 4.